The highest BCUT2D eigenvalue weighted by Crippen LogP contribution is 2.38. The van der Waals surface area contributed by atoms with Crippen molar-refractivity contribution in [1.29, 1.82) is 0 Å². The number of aromatic nitrogens is 2. The number of rotatable bonds is 2. The molecule has 2 unspecified atom stereocenters. The molecule has 1 N–H and O–H groups in total. The topological polar surface area (TPSA) is 29.9 Å². The molecule has 0 aromatic carbocycles. The molecule has 1 saturated carbocycles. The van der Waals surface area contributed by atoms with Gasteiger partial charge in [0.05, 0.1) is 11.2 Å². The minimum atomic E-state index is 0.0425. The minimum Gasteiger partial charge on any atom is -0.373 e. The summed E-state index contributed by atoms with van der Waals surface area (Å²) in [6, 6.07) is 2.23. The normalized spacial score (nSPS) is 25.2. The van der Waals surface area contributed by atoms with Gasteiger partial charge in [0.15, 0.2) is 0 Å². The van der Waals surface area contributed by atoms with E-state index < -0.39 is 0 Å². The molecular weight excluding hydrogens is 210 g/mol. The minimum absolute atomic E-state index is 0.0425. The van der Waals surface area contributed by atoms with Crippen LogP contribution in [0.25, 0.3) is 0 Å². The van der Waals surface area contributed by atoms with E-state index in [1.54, 1.807) is 0 Å². The molecule has 0 amide bonds. The fourth-order valence-electron chi connectivity index (χ4n) is 2.76. The summed E-state index contributed by atoms with van der Waals surface area (Å²) in [5.74, 6) is 2.66. The third-order valence-electron chi connectivity index (χ3n) is 3.73. The Morgan fingerprint density at radius 1 is 1.35 bits per heavy atom. The zero-order chi connectivity index (χ0) is 12.6. The molecule has 2 rings (SSSR count). The van der Waals surface area contributed by atoms with Crippen LogP contribution in [0.1, 0.15) is 58.6 Å². The molecule has 1 aliphatic rings. The molecule has 3 heteroatoms. The molecule has 0 bridgehead atoms. The Hall–Kier alpha value is -0.990. The monoisotopic (exact) mass is 235 g/mol. The van der Waals surface area contributed by atoms with Crippen molar-refractivity contribution in [2.75, 3.05) is 12.4 Å². The standard InChI is InChI=1S/C14H25N3/c1-10-6-7-11(8-10)12-9-13(15-5)17(16-12)14(2,3)4/h9-11,15H,6-8H2,1-5H3. The lowest BCUT2D eigenvalue weighted by atomic mass is 10.0. The molecular formula is C14H25N3. The Morgan fingerprint density at radius 3 is 2.47 bits per heavy atom. The van der Waals surface area contributed by atoms with E-state index in [1.807, 2.05) is 7.05 Å². The van der Waals surface area contributed by atoms with E-state index in [1.165, 1.54) is 25.0 Å². The van der Waals surface area contributed by atoms with E-state index >= 15 is 0 Å². The highest BCUT2D eigenvalue weighted by atomic mass is 15.4. The maximum Gasteiger partial charge on any atom is 0.124 e. The fraction of sp³-hybridized carbons (Fsp3) is 0.786. The zero-order valence-electron chi connectivity index (χ0n) is 11.7. The summed E-state index contributed by atoms with van der Waals surface area (Å²) >= 11 is 0. The van der Waals surface area contributed by atoms with Crippen molar-refractivity contribution in [3.05, 3.63) is 11.8 Å². The summed E-state index contributed by atoms with van der Waals surface area (Å²) < 4.78 is 2.12. The molecule has 1 aromatic heterocycles. The molecule has 17 heavy (non-hydrogen) atoms. The van der Waals surface area contributed by atoms with E-state index in [0.29, 0.717) is 5.92 Å². The second-order valence-electron chi connectivity index (χ2n) is 6.40. The predicted octanol–water partition coefficient (Wildman–Crippen LogP) is 3.58. The first-order chi connectivity index (χ1) is 7.91. The van der Waals surface area contributed by atoms with Gasteiger partial charge in [0.1, 0.15) is 5.82 Å². The number of anilines is 1. The van der Waals surface area contributed by atoms with Gasteiger partial charge in [-0.05, 0) is 39.5 Å². The number of nitrogens with one attached hydrogen (secondary N) is 1. The van der Waals surface area contributed by atoms with Crippen molar-refractivity contribution in [1.82, 2.24) is 9.78 Å². The van der Waals surface area contributed by atoms with E-state index in [4.69, 9.17) is 5.10 Å². The quantitative estimate of drug-likeness (QED) is 0.849. The highest BCUT2D eigenvalue weighted by molar-refractivity contribution is 5.38. The summed E-state index contributed by atoms with van der Waals surface area (Å²) in [6.45, 7) is 8.94. The van der Waals surface area contributed by atoms with Crippen molar-refractivity contribution in [2.45, 2.75) is 58.4 Å². The van der Waals surface area contributed by atoms with Crippen LogP contribution in [0.15, 0.2) is 6.07 Å². The van der Waals surface area contributed by atoms with Crippen molar-refractivity contribution < 1.29 is 0 Å². The Kier molecular flexibility index (Phi) is 3.19. The summed E-state index contributed by atoms with van der Waals surface area (Å²) in [4.78, 5) is 0. The molecule has 0 spiro atoms. The Morgan fingerprint density at radius 2 is 2.06 bits per heavy atom. The molecule has 0 saturated heterocycles. The summed E-state index contributed by atoms with van der Waals surface area (Å²) in [5, 5.41) is 8.08. The van der Waals surface area contributed by atoms with Crippen molar-refractivity contribution >= 4 is 5.82 Å². The fourth-order valence-corrected chi connectivity index (χ4v) is 2.76. The van der Waals surface area contributed by atoms with E-state index in [0.717, 1.165) is 11.7 Å². The summed E-state index contributed by atoms with van der Waals surface area (Å²) in [5.41, 5.74) is 1.31. The van der Waals surface area contributed by atoms with Gasteiger partial charge >= 0.3 is 0 Å². The van der Waals surface area contributed by atoms with Gasteiger partial charge < -0.3 is 5.32 Å². The predicted molar refractivity (Wildman–Crippen MR) is 72.5 cm³/mol. The Labute approximate surface area is 105 Å². The van der Waals surface area contributed by atoms with Crippen LogP contribution in [0.5, 0.6) is 0 Å². The van der Waals surface area contributed by atoms with Gasteiger partial charge in [-0.25, -0.2) is 4.68 Å². The van der Waals surface area contributed by atoms with Crippen molar-refractivity contribution in [3.63, 3.8) is 0 Å². The first kappa shape index (κ1) is 12.5. The maximum absolute atomic E-state index is 4.82. The molecule has 1 aliphatic carbocycles. The average Bonchev–Trinajstić information content (AvgIpc) is 2.81. The third kappa shape index (κ3) is 2.48. The molecule has 0 radical (unpaired) electrons. The highest BCUT2D eigenvalue weighted by Gasteiger charge is 2.27. The largest absolute Gasteiger partial charge is 0.373 e. The van der Waals surface area contributed by atoms with Gasteiger partial charge in [-0.1, -0.05) is 13.3 Å². The first-order valence-corrected chi connectivity index (χ1v) is 6.70. The number of nitrogens with zero attached hydrogens (tertiary/aromatic N) is 2. The van der Waals surface area contributed by atoms with Crippen LogP contribution in [0.4, 0.5) is 5.82 Å². The molecule has 1 aromatic rings. The van der Waals surface area contributed by atoms with Gasteiger partial charge in [-0.3, -0.25) is 0 Å². The van der Waals surface area contributed by atoms with Gasteiger partial charge in [-0.2, -0.15) is 5.10 Å². The van der Waals surface area contributed by atoms with Gasteiger partial charge in [0.25, 0.3) is 0 Å². The van der Waals surface area contributed by atoms with Crippen LogP contribution in [-0.2, 0) is 5.54 Å². The second kappa shape index (κ2) is 4.35. The van der Waals surface area contributed by atoms with E-state index in [9.17, 15) is 0 Å². The van der Waals surface area contributed by atoms with Crippen LogP contribution in [0.3, 0.4) is 0 Å². The van der Waals surface area contributed by atoms with E-state index in [-0.39, 0.29) is 5.54 Å². The van der Waals surface area contributed by atoms with Crippen LogP contribution in [-0.4, -0.2) is 16.8 Å². The lowest BCUT2D eigenvalue weighted by molar-refractivity contribution is 0.356. The molecule has 96 valence electrons. The molecule has 3 nitrogen and oxygen atoms in total. The summed E-state index contributed by atoms with van der Waals surface area (Å²) in [6.07, 6.45) is 3.94. The summed E-state index contributed by atoms with van der Waals surface area (Å²) in [7, 11) is 1.97. The van der Waals surface area contributed by atoms with Crippen LogP contribution < -0.4 is 5.32 Å². The SMILES string of the molecule is CNc1cc(C2CCC(C)C2)nn1C(C)(C)C. The van der Waals surface area contributed by atoms with Gasteiger partial charge in [0, 0.05) is 19.0 Å². The lowest BCUT2D eigenvalue weighted by Gasteiger charge is -2.22. The molecule has 2 atom stereocenters. The second-order valence-corrected chi connectivity index (χ2v) is 6.40. The number of hydrogen-bond donors (Lipinski definition) is 1. The Balaban J connectivity index is 2.28. The Bertz CT molecular complexity index is 387. The zero-order valence-corrected chi connectivity index (χ0v) is 11.7. The van der Waals surface area contributed by atoms with Crippen molar-refractivity contribution in [2.24, 2.45) is 5.92 Å². The van der Waals surface area contributed by atoms with Gasteiger partial charge in [0.2, 0.25) is 0 Å². The van der Waals surface area contributed by atoms with Gasteiger partial charge in [-0.15, -0.1) is 0 Å². The van der Waals surface area contributed by atoms with Crippen LogP contribution >= 0.6 is 0 Å². The first-order valence-electron chi connectivity index (χ1n) is 6.70. The third-order valence-corrected chi connectivity index (χ3v) is 3.73. The smallest absolute Gasteiger partial charge is 0.124 e. The van der Waals surface area contributed by atoms with E-state index in [2.05, 4.69) is 43.8 Å². The van der Waals surface area contributed by atoms with Crippen LogP contribution in [0, 0.1) is 5.92 Å². The molecule has 0 aliphatic heterocycles. The average molecular weight is 235 g/mol. The molecule has 1 heterocycles. The van der Waals surface area contributed by atoms with Crippen molar-refractivity contribution in [3.8, 4) is 0 Å². The maximum atomic E-state index is 4.82. The van der Waals surface area contributed by atoms with Crippen LogP contribution in [0.2, 0.25) is 0 Å². The number of hydrogen-bond acceptors (Lipinski definition) is 2. The molecule has 1 fully saturated rings. The lowest BCUT2D eigenvalue weighted by Crippen LogP contribution is -2.24.